The molecule has 1 aromatic heterocycles. The van der Waals surface area contributed by atoms with E-state index in [0.29, 0.717) is 0 Å². The molecule has 0 bridgehead atoms. The highest BCUT2D eigenvalue weighted by molar-refractivity contribution is 7.66. The lowest BCUT2D eigenvalue weighted by Crippen LogP contribution is -2.46. The predicted octanol–water partition coefficient (Wildman–Crippen LogP) is -0.164. The SMILES string of the molecule is CC#CC1(Cl)[C@@H](O)[C@@H]([C@H](C)OP(=O)(O)OP(=O)(O)OP(=O)(O)O)O[C@H]1n1c(C)cc(=O)[nH]c1=O. The van der Waals surface area contributed by atoms with Crippen LogP contribution in [-0.4, -0.2) is 57.4 Å². The van der Waals surface area contributed by atoms with Crippen LogP contribution >= 0.6 is 35.1 Å². The van der Waals surface area contributed by atoms with Crippen molar-refractivity contribution in [1.29, 1.82) is 0 Å². The van der Waals surface area contributed by atoms with Crippen LogP contribution in [0.5, 0.6) is 0 Å². The first-order valence-corrected chi connectivity index (χ1v) is 13.8. The molecule has 1 saturated heterocycles. The molecule has 192 valence electrons. The number of hydrogen-bond acceptors (Lipinski definition) is 10. The summed E-state index contributed by atoms with van der Waals surface area (Å²) < 4.78 is 52.8. The molecule has 0 spiro atoms. The maximum Gasteiger partial charge on any atom is 0.490 e. The molecule has 16 nitrogen and oxygen atoms in total. The van der Waals surface area contributed by atoms with Crippen LogP contribution in [0.1, 0.15) is 25.8 Å². The number of aryl methyl sites for hydroxylation is 1. The molecule has 3 unspecified atom stereocenters. The normalized spacial score (nSPS) is 29.5. The number of rotatable bonds is 8. The van der Waals surface area contributed by atoms with E-state index in [9.17, 15) is 38.2 Å². The number of H-pyrrole nitrogens is 1. The maximum absolute atomic E-state index is 12.4. The Balaban J connectivity index is 2.37. The number of aromatic nitrogens is 2. The Labute approximate surface area is 195 Å². The summed E-state index contributed by atoms with van der Waals surface area (Å²) in [5, 5.41) is 10.8. The summed E-state index contributed by atoms with van der Waals surface area (Å²) in [5.41, 5.74) is -1.63. The van der Waals surface area contributed by atoms with Gasteiger partial charge in [-0.2, -0.15) is 8.62 Å². The van der Waals surface area contributed by atoms with Gasteiger partial charge < -0.3 is 29.4 Å². The van der Waals surface area contributed by atoms with Gasteiger partial charge in [-0.1, -0.05) is 17.5 Å². The van der Waals surface area contributed by atoms with Gasteiger partial charge in [0.05, 0.1) is 6.10 Å². The molecule has 1 aromatic rings. The van der Waals surface area contributed by atoms with E-state index in [-0.39, 0.29) is 5.69 Å². The third kappa shape index (κ3) is 6.75. The zero-order valence-electron chi connectivity index (χ0n) is 17.5. The molecule has 0 aromatic carbocycles. The largest absolute Gasteiger partial charge is 0.490 e. The van der Waals surface area contributed by atoms with E-state index < -0.39 is 64.1 Å². The lowest BCUT2D eigenvalue weighted by atomic mass is 9.96. The molecule has 2 heterocycles. The van der Waals surface area contributed by atoms with Crippen LogP contribution in [0, 0.1) is 18.8 Å². The van der Waals surface area contributed by atoms with Gasteiger partial charge in [0.25, 0.3) is 5.56 Å². The first kappa shape index (κ1) is 29.1. The van der Waals surface area contributed by atoms with Crippen molar-refractivity contribution in [3.63, 3.8) is 0 Å². The van der Waals surface area contributed by atoms with Crippen LogP contribution in [-0.2, 0) is 31.6 Å². The van der Waals surface area contributed by atoms with Gasteiger partial charge in [0.2, 0.25) is 0 Å². The van der Waals surface area contributed by atoms with Crippen molar-refractivity contribution in [1.82, 2.24) is 9.55 Å². The number of hydrogen-bond donors (Lipinski definition) is 6. The number of halogens is 1. The van der Waals surface area contributed by atoms with Crippen molar-refractivity contribution in [2.24, 2.45) is 0 Å². The molecule has 0 aliphatic carbocycles. The summed E-state index contributed by atoms with van der Waals surface area (Å²) in [7, 11) is -17.0. The van der Waals surface area contributed by atoms with E-state index >= 15 is 0 Å². The summed E-state index contributed by atoms with van der Waals surface area (Å²) in [6.07, 6.45) is -6.65. The fourth-order valence-electron chi connectivity index (χ4n) is 3.13. The zero-order chi connectivity index (χ0) is 26.3. The summed E-state index contributed by atoms with van der Waals surface area (Å²) in [5.74, 6) is 4.93. The predicted molar refractivity (Wildman–Crippen MR) is 112 cm³/mol. The summed E-state index contributed by atoms with van der Waals surface area (Å²) in [6, 6.07) is 1.04. The molecule has 1 aliphatic heterocycles. The van der Waals surface area contributed by atoms with Crippen LogP contribution in [0.15, 0.2) is 15.7 Å². The van der Waals surface area contributed by atoms with Crippen molar-refractivity contribution < 1.29 is 56.3 Å². The van der Waals surface area contributed by atoms with Crippen LogP contribution in [0.25, 0.3) is 0 Å². The average Bonchev–Trinajstić information content (AvgIpc) is 2.83. The number of phosphoric ester groups is 1. The second-order valence-corrected chi connectivity index (χ2v) is 11.9. The lowest BCUT2D eigenvalue weighted by Gasteiger charge is -2.27. The summed E-state index contributed by atoms with van der Waals surface area (Å²) in [6.45, 7) is 3.78. The van der Waals surface area contributed by atoms with Crippen molar-refractivity contribution in [2.75, 3.05) is 0 Å². The van der Waals surface area contributed by atoms with E-state index in [1.165, 1.54) is 13.8 Å². The van der Waals surface area contributed by atoms with E-state index in [1.54, 1.807) is 0 Å². The number of nitrogens with zero attached hydrogens (tertiary/aromatic N) is 1. The minimum atomic E-state index is -5.78. The smallest absolute Gasteiger partial charge is 0.387 e. The number of phosphoric acid groups is 3. The maximum atomic E-state index is 12.4. The monoisotopic (exact) mass is 568 g/mol. The molecule has 0 amide bonds. The second kappa shape index (κ2) is 10.1. The summed E-state index contributed by atoms with van der Waals surface area (Å²) in [4.78, 5) is 60.1. The van der Waals surface area contributed by atoms with E-state index in [4.69, 9.17) is 26.1 Å². The third-order valence-corrected chi connectivity index (χ3v) is 8.72. The highest BCUT2D eigenvalue weighted by Gasteiger charge is 2.58. The van der Waals surface area contributed by atoms with E-state index in [0.717, 1.165) is 17.6 Å². The highest BCUT2D eigenvalue weighted by atomic mass is 35.5. The highest BCUT2D eigenvalue weighted by Crippen LogP contribution is 2.66. The molecule has 7 atom stereocenters. The second-order valence-electron chi connectivity index (χ2n) is 6.89. The van der Waals surface area contributed by atoms with Gasteiger partial charge in [-0.3, -0.25) is 18.9 Å². The quantitative estimate of drug-likeness (QED) is 0.135. The third-order valence-electron chi connectivity index (χ3n) is 4.29. The van der Waals surface area contributed by atoms with E-state index in [1.807, 2.05) is 4.98 Å². The molecule has 1 aliphatic rings. The molecular formula is C14H20ClN2O14P3. The number of nitrogens with one attached hydrogen (secondary N) is 1. The fourth-order valence-corrected chi connectivity index (χ4v) is 6.70. The molecule has 34 heavy (non-hydrogen) atoms. The van der Waals surface area contributed by atoms with Gasteiger partial charge in [-0.05, 0) is 20.8 Å². The van der Waals surface area contributed by atoms with Crippen molar-refractivity contribution in [2.45, 2.75) is 50.2 Å². The Morgan fingerprint density at radius 2 is 1.79 bits per heavy atom. The number of ether oxygens (including phenoxy) is 1. The van der Waals surface area contributed by atoms with Gasteiger partial charge in [0, 0.05) is 11.8 Å². The minimum absolute atomic E-state index is 0.0649. The topological polar surface area (TPSA) is 244 Å². The standard InChI is InChI=1S/C14H20ClN2O14P3/c1-4-5-14(15)11(19)10(28-12(14)17-7(2)6-9(18)16-13(17)20)8(3)29-33(24,25)31-34(26,27)30-32(21,22)23/h6,8,10-12,19H,1-3H3,(H,24,25)(H,26,27)(H,16,18,20)(H2,21,22,23)/t8-,10+,11-,12+,14?/m0/s1. The van der Waals surface area contributed by atoms with Gasteiger partial charge in [0.1, 0.15) is 12.2 Å². The fraction of sp³-hybridized carbons (Fsp3) is 0.571. The molecule has 0 saturated carbocycles. The molecule has 1 fully saturated rings. The molecule has 20 heteroatoms. The molecule has 0 radical (unpaired) electrons. The first-order valence-electron chi connectivity index (χ1n) is 8.93. The van der Waals surface area contributed by atoms with Crippen LogP contribution < -0.4 is 11.2 Å². The van der Waals surface area contributed by atoms with Crippen LogP contribution in [0.4, 0.5) is 0 Å². The van der Waals surface area contributed by atoms with Gasteiger partial charge >= 0.3 is 29.2 Å². The zero-order valence-corrected chi connectivity index (χ0v) is 20.9. The first-order chi connectivity index (χ1) is 15.3. The Hall–Kier alpha value is -1.14. The molecule has 6 N–H and O–H groups in total. The number of aliphatic hydroxyl groups is 1. The Morgan fingerprint density at radius 3 is 2.29 bits per heavy atom. The average molecular weight is 569 g/mol. The number of alkyl halides is 1. The summed E-state index contributed by atoms with van der Waals surface area (Å²) >= 11 is 6.48. The van der Waals surface area contributed by atoms with Crippen molar-refractivity contribution in [3.8, 4) is 11.8 Å². The van der Waals surface area contributed by atoms with Gasteiger partial charge in [0.15, 0.2) is 11.1 Å². The van der Waals surface area contributed by atoms with Gasteiger partial charge in [-0.15, -0.1) is 5.92 Å². The van der Waals surface area contributed by atoms with Crippen LogP contribution in [0.2, 0.25) is 0 Å². The minimum Gasteiger partial charge on any atom is -0.387 e. The number of aromatic amines is 1. The lowest BCUT2D eigenvalue weighted by molar-refractivity contribution is -0.0754. The van der Waals surface area contributed by atoms with Crippen molar-refractivity contribution in [3.05, 3.63) is 32.6 Å². The Bertz CT molecular complexity index is 1260. The van der Waals surface area contributed by atoms with Crippen LogP contribution in [0.3, 0.4) is 0 Å². The number of aliphatic hydroxyl groups excluding tert-OH is 1. The van der Waals surface area contributed by atoms with Crippen molar-refractivity contribution >= 4 is 35.1 Å². The van der Waals surface area contributed by atoms with E-state index in [2.05, 4.69) is 25.0 Å². The molecular weight excluding hydrogens is 549 g/mol. The Kier molecular flexibility index (Phi) is 8.63. The molecule has 2 rings (SSSR count). The van der Waals surface area contributed by atoms with Gasteiger partial charge in [-0.25, -0.2) is 18.5 Å². The Morgan fingerprint density at radius 1 is 1.21 bits per heavy atom.